The van der Waals surface area contributed by atoms with Gasteiger partial charge in [-0.1, -0.05) is 42.8 Å². The highest BCUT2D eigenvalue weighted by Crippen LogP contribution is 2.37. The Balaban J connectivity index is 1.65. The largest absolute Gasteiger partial charge is 0.496 e. The molecule has 6 heteroatoms. The normalized spacial score (nSPS) is 19.9. The molecule has 1 saturated heterocycles. The van der Waals surface area contributed by atoms with Crippen LogP contribution >= 0.6 is 0 Å². The predicted octanol–water partition coefficient (Wildman–Crippen LogP) is 4.00. The molecule has 0 bridgehead atoms. The molecule has 0 aromatic heterocycles. The van der Waals surface area contributed by atoms with Gasteiger partial charge in [-0.15, -0.1) is 0 Å². The molecule has 2 aromatic rings. The summed E-state index contributed by atoms with van der Waals surface area (Å²) in [5.74, 6) is 0.322. The molecule has 0 N–H and O–H groups in total. The van der Waals surface area contributed by atoms with Crippen LogP contribution in [0, 0.1) is 5.82 Å². The van der Waals surface area contributed by atoms with E-state index in [0.29, 0.717) is 30.0 Å². The van der Waals surface area contributed by atoms with Gasteiger partial charge in [0, 0.05) is 17.5 Å². The van der Waals surface area contributed by atoms with Gasteiger partial charge in [-0.05, 0) is 38.1 Å². The Morgan fingerprint density at radius 3 is 2.59 bits per heavy atom. The van der Waals surface area contributed by atoms with Gasteiger partial charge in [0.15, 0.2) is 0 Å². The lowest BCUT2D eigenvalue weighted by atomic mass is 9.97. The molecule has 2 aliphatic rings. The number of ether oxygens (including phenoxy) is 1. The number of amides is 1. The molecule has 0 saturated carbocycles. The number of piperidine rings is 1. The van der Waals surface area contributed by atoms with E-state index in [-0.39, 0.29) is 17.8 Å². The van der Waals surface area contributed by atoms with E-state index < -0.39 is 0 Å². The van der Waals surface area contributed by atoms with Crippen molar-refractivity contribution in [2.24, 2.45) is 5.10 Å². The van der Waals surface area contributed by atoms with Crippen LogP contribution in [0.25, 0.3) is 0 Å². The Morgan fingerprint density at radius 2 is 1.83 bits per heavy atom. The summed E-state index contributed by atoms with van der Waals surface area (Å²) < 4.78 is 19.9. The molecule has 152 valence electrons. The van der Waals surface area contributed by atoms with Gasteiger partial charge in [0.05, 0.1) is 25.4 Å². The number of para-hydroxylation sites is 1. The fraction of sp³-hybridized carbons (Fsp3) is 0.391. The Labute approximate surface area is 170 Å². The second kappa shape index (κ2) is 8.74. The van der Waals surface area contributed by atoms with Gasteiger partial charge < -0.3 is 4.74 Å². The number of likely N-dealkylation sites (tertiary alicyclic amines) is 1. The summed E-state index contributed by atoms with van der Waals surface area (Å²) in [6.07, 6.45) is 3.90. The number of hydrogen-bond donors (Lipinski definition) is 0. The van der Waals surface area contributed by atoms with E-state index in [1.807, 2.05) is 24.3 Å². The molecule has 0 spiro atoms. The van der Waals surface area contributed by atoms with Crippen LogP contribution in [0.4, 0.5) is 4.39 Å². The number of hydrogen-bond acceptors (Lipinski definition) is 4. The maximum Gasteiger partial charge on any atom is 0.257 e. The summed E-state index contributed by atoms with van der Waals surface area (Å²) in [5, 5.41) is 6.13. The fourth-order valence-corrected chi connectivity index (χ4v) is 4.16. The summed E-state index contributed by atoms with van der Waals surface area (Å²) in [7, 11) is 1.62. The maximum atomic E-state index is 14.4. The van der Waals surface area contributed by atoms with Crippen molar-refractivity contribution in [1.29, 1.82) is 0 Å². The summed E-state index contributed by atoms with van der Waals surface area (Å²) in [6.45, 7) is 2.20. The van der Waals surface area contributed by atoms with Crippen molar-refractivity contribution in [3.05, 3.63) is 65.5 Å². The molecule has 5 nitrogen and oxygen atoms in total. The first-order valence-electron chi connectivity index (χ1n) is 10.2. The average Bonchev–Trinajstić information content (AvgIpc) is 3.20. The van der Waals surface area contributed by atoms with Crippen molar-refractivity contribution in [3.63, 3.8) is 0 Å². The Hall–Kier alpha value is -2.73. The molecule has 2 heterocycles. The van der Waals surface area contributed by atoms with Gasteiger partial charge in [0.2, 0.25) is 0 Å². The van der Waals surface area contributed by atoms with Crippen molar-refractivity contribution in [2.45, 2.75) is 31.7 Å². The van der Waals surface area contributed by atoms with E-state index in [1.165, 1.54) is 17.5 Å². The number of hydrazone groups is 1. The summed E-state index contributed by atoms with van der Waals surface area (Å²) in [4.78, 5) is 15.4. The van der Waals surface area contributed by atoms with Crippen molar-refractivity contribution in [3.8, 4) is 5.75 Å². The second-order valence-electron chi connectivity index (χ2n) is 7.56. The highest BCUT2D eigenvalue weighted by molar-refractivity contribution is 6.03. The molecular formula is C23H26FN3O2. The molecule has 4 rings (SSSR count). The topological polar surface area (TPSA) is 45.1 Å². The Morgan fingerprint density at radius 1 is 1.10 bits per heavy atom. The smallest absolute Gasteiger partial charge is 0.257 e. The van der Waals surface area contributed by atoms with E-state index in [0.717, 1.165) is 31.5 Å². The third-order valence-corrected chi connectivity index (χ3v) is 5.66. The standard InChI is InChI=1S/C23H26FN3O2/c1-29-22-12-6-4-10-18(22)21-15-20(17-9-3-5-11-19(17)24)25-27(21)23(28)16-26-13-7-2-8-14-26/h3-6,9-12,21H,2,7-8,13-16H2,1H3. The van der Waals surface area contributed by atoms with Gasteiger partial charge in [-0.2, -0.15) is 5.10 Å². The minimum Gasteiger partial charge on any atom is -0.496 e. The molecular weight excluding hydrogens is 369 g/mol. The van der Waals surface area contributed by atoms with Gasteiger partial charge in [0.1, 0.15) is 11.6 Å². The lowest BCUT2D eigenvalue weighted by Crippen LogP contribution is -2.40. The van der Waals surface area contributed by atoms with E-state index in [1.54, 1.807) is 25.3 Å². The number of carbonyl (C=O) groups is 1. The molecule has 0 aliphatic carbocycles. The number of rotatable bonds is 5. The Bertz CT molecular complexity index is 909. The van der Waals surface area contributed by atoms with Crippen LogP contribution in [0.1, 0.15) is 42.9 Å². The monoisotopic (exact) mass is 395 g/mol. The van der Waals surface area contributed by atoms with Crippen LogP contribution in [0.15, 0.2) is 53.6 Å². The van der Waals surface area contributed by atoms with Crippen molar-refractivity contribution in [1.82, 2.24) is 9.91 Å². The molecule has 1 atom stereocenters. The minimum absolute atomic E-state index is 0.0610. The number of benzene rings is 2. The number of carbonyl (C=O) groups excluding carboxylic acids is 1. The van der Waals surface area contributed by atoms with Gasteiger partial charge in [-0.3, -0.25) is 9.69 Å². The van der Waals surface area contributed by atoms with E-state index in [9.17, 15) is 9.18 Å². The molecule has 2 aromatic carbocycles. The maximum absolute atomic E-state index is 14.4. The SMILES string of the molecule is COc1ccccc1C1CC(c2ccccc2F)=NN1C(=O)CN1CCCCC1. The van der Waals surface area contributed by atoms with Crippen LogP contribution in [0.3, 0.4) is 0 Å². The molecule has 2 aliphatic heterocycles. The van der Waals surface area contributed by atoms with E-state index in [2.05, 4.69) is 10.0 Å². The Kier molecular flexibility index (Phi) is 5.90. The second-order valence-corrected chi connectivity index (χ2v) is 7.56. The first-order valence-corrected chi connectivity index (χ1v) is 10.2. The zero-order valence-corrected chi connectivity index (χ0v) is 16.7. The highest BCUT2D eigenvalue weighted by atomic mass is 19.1. The predicted molar refractivity (Wildman–Crippen MR) is 110 cm³/mol. The summed E-state index contributed by atoms with van der Waals surface area (Å²) in [6, 6.07) is 13.9. The summed E-state index contributed by atoms with van der Waals surface area (Å²) in [5.41, 5.74) is 1.92. The first-order chi connectivity index (χ1) is 14.2. The molecule has 0 radical (unpaired) electrons. The van der Waals surface area contributed by atoms with Crippen molar-refractivity contribution < 1.29 is 13.9 Å². The molecule has 1 amide bonds. The summed E-state index contributed by atoms with van der Waals surface area (Å²) >= 11 is 0. The van der Waals surface area contributed by atoms with Gasteiger partial charge in [0.25, 0.3) is 5.91 Å². The van der Waals surface area contributed by atoms with Gasteiger partial charge in [-0.25, -0.2) is 9.40 Å². The van der Waals surface area contributed by atoms with Crippen molar-refractivity contribution in [2.75, 3.05) is 26.7 Å². The third kappa shape index (κ3) is 4.17. The average molecular weight is 395 g/mol. The molecule has 1 fully saturated rings. The fourth-order valence-electron chi connectivity index (χ4n) is 4.16. The number of halogens is 1. The molecule has 29 heavy (non-hydrogen) atoms. The van der Waals surface area contributed by atoms with E-state index in [4.69, 9.17) is 4.74 Å². The van der Waals surface area contributed by atoms with Crippen LogP contribution in [0.2, 0.25) is 0 Å². The number of methoxy groups -OCH3 is 1. The zero-order chi connectivity index (χ0) is 20.2. The first kappa shape index (κ1) is 19.6. The van der Waals surface area contributed by atoms with Crippen LogP contribution in [0.5, 0.6) is 5.75 Å². The minimum atomic E-state index is -0.324. The van der Waals surface area contributed by atoms with E-state index >= 15 is 0 Å². The van der Waals surface area contributed by atoms with Crippen LogP contribution < -0.4 is 4.74 Å². The zero-order valence-electron chi connectivity index (χ0n) is 16.7. The lowest BCUT2D eigenvalue weighted by molar-refractivity contribution is -0.134. The van der Waals surface area contributed by atoms with Gasteiger partial charge >= 0.3 is 0 Å². The van der Waals surface area contributed by atoms with Crippen molar-refractivity contribution >= 4 is 11.6 Å². The quantitative estimate of drug-likeness (QED) is 0.769. The lowest BCUT2D eigenvalue weighted by Gasteiger charge is -2.29. The molecule has 1 unspecified atom stereocenters. The number of nitrogens with zero attached hydrogens (tertiary/aromatic N) is 3. The third-order valence-electron chi connectivity index (χ3n) is 5.66. The van der Waals surface area contributed by atoms with Crippen LogP contribution in [-0.4, -0.2) is 48.3 Å². The highest BCUT2D eigenvalue weighted by Gasteiger charge is 2.36. The van der Waals surface area contributed by atoms with Crippen LogP contribution in [-0.2, 0) is 4.79 Å².